The van der Waals surface area contributed by atoms with E-state index in [1.807, 2.05) is 32.0 Å². The molecule has 3 aromatic heterocycles. The molecule has 1 aromatic carbocycles. The summed E-state index contributed by atoms with van der Waals surface area (Å²) in [6.07, 6.45) is 3.32. The molecule has 4 rings (SSSR count). The quantitative estimate of drug-likeness (QED) is 0.574. The molecule has 0 N–H and O–H groups in total. The van der Waals surface area contributed by atoms with Crippen molar-refractivity contribution in [2.45, 2.75) is 20.5 Å². The molecular weight excluding hydrogens is 318 g/mol. The van der Waals surface area contributed by atoms with Crippen molar-refractivity contribution >= 4 is 16.7 Å². The van der Waals surface area contributed by atoms with Crippen LogP contribution in [0, 0.1) is 13.8 Å². The number of fused-ring (bicyclic) bond motifs is 3. The Morgan fingerprint density at radius 2 is 2.04 bits per heavy atom. The Hall–Kier alpha value is -3.06. The topological polar surface area (TPSA) is 74.3 Å². The van der Waals surface area contributed by atoms with Crippen LogP contribution in [0.3, 0.4) is 0 Å². The van der Waals surface area contributed by atoms with Gasteiger partial charge in [0.2, 0.25) is 0 Å². The predicted octanol–water partition coefficient (Wildman–Crippen LogP) is 2.19. The molecule has 25 heavy (non-hydrogen) atoms. The van der Waals surface area contributed by atoms with Crippen molar-refractivity contribution < 1.29 is 4.74 Å². The standard InChI is InChI=1S/C18H17N5O2/c1-11-4-5-14(12(2)8-11)22-7-6-15-13(17(22)24)9-19-18-20-16(10-25-3)21-23(15)18/h4-9H,10H2,1-3H3. The fourth-order valence-corrected chi connectivity index (χ4v) is 3.02. The highest BCUT2D eigenvalue weighted by Crippen LogP contribution is 2.17. The predicted molar refractivity (Wildman–Crippen MR) is 94.1 cm³/mol. The van der Waals surface area contributed by atoms with Gasteiger partial charge in [-0.2, -0.15) is 9.50 Å². The first-order valence-corrected chi connectivity index (χ1v) is 7.91. The summed E-state index contributed by atoms with van der Waals surface area (Å²) in [6, 6.07) is 7.86. The Balaban J connectivity index is 1.96. The van der Waals surface area contributed by atoms with E-state index < -0.39 is 0 Å². The molecule has 3 heterocycles. The van der Waals surface area contributed by atoms with Crippen LogP contribution in [0.25, 0.3) is 22.4 Å². The molecule has 0 fully saturated rings. The van der Waals surface area contributed by atoms with E-state index in [4.69, 9.17) is 4.74 Å². The maximum Gasteiger partial charge on any atom is 0.266 e. The Labute approximate surface area is 143 Å². The van der Waals surface area contributed by atoms with Crippen LogP contribution >= 0.6 is 0 Å². The van der Waals surface area contributed by atoms with Gasteiger partial charge in [-0.05, 0) is 31.5 Å². The van der Waals surface area contributed by atoms with Crippen LogP contribution in [0.2, 0.25) is 0 Å². The number of rotatable bonds is 3. The van der Waals surface area contributed by atoms with Gasteiger partial charge in [-0.25, -0.2) is 4.98 Å². The van der Waals surface area contributed by atoms with Gasteiger partial charge in [-0.15, -0.1) is 5.10 Å². The number of aryl methyl sites for hydroxylation is 2. The normalized spacial score (nSPS) is 11.5. The van der Waals surface area contributed by atoms with Gasteiger partial charge in [-0.1, -0.05) is 17.7 Å². The van der Waals surface area contributed by atoms with Gasteiger partial charge >= 0.3 is 0 Å². The summed E-state index contributed by atoms with van der Waals surface area (Å²) in [4.78, 5) is 21.5. The summed E-state index contributed by atoms with van der Waals surface area (Å²) in [6.45, 7) is 4.32. The van der Waals surface area contributed by atoms with Crippen molar-refractivity contribution in [1.29, 1.82) is 0 Å². The second kappa shape index (κ2) is 5.78. The zero-order valence-electron chi connectivity index (χ0n) is 14.2. The highest BCUT2D eigenvalue weighted by atomic mass is 16.5. The second-order valence-electron chi connectivity index (χ2n) is 6.01. The number of hydrogen-bond donors (Lipinski definition) is 0. The molecule has 0 amide bonds. The van der Waals surface area contributed by atoms with Crippen molar-refractivity contribution in [1.82, 2.24) is 24.1 Å². The van der Waals surface area contributed by atoms with E-state index in [9.17, 15) is 4.79 Å². The fraction of sp³-hybridized carbons (Fsp3) is 0.222. The molecule has 0 aliphatic carbocycles. The van der Waals surface area contributed by atoms with Crippen LogP contribution in [-0.2, 0) is 11.3 Å². The van der Waals surface area contributed by atoms with Crippen LogP contribution in [0.5, 0.6) is 0 Å². The fourth-order valence-electron chi connectivity index (χ4n) is 3.02. The van der Waals surface area contributed by atoms with Crippen LogP contribution in [-0.4, -0.2) is 31.3 Å². The van der Waals surface area contributed by atoms with E-state index in [1.54, 1.807) is 28.6 Å². The van der Waals surface area contributed by atoms with Gasteiger partial charge in [0.1, 0.15) is 6.61 Å². The van der Waals surface area contributed by atoms with Crippen molar-refractivity contribution in [2.75, 3.05) is 7.11 Å². The molecule has 0 saturated carbocycles. The molecule has 7 nitrogen and oxygen atoms in total. The zero-order chi connectivity index (χ0) is 17.6. The van der Waals surface area contributed by atoms with Crippen LogP contribution in [0.4, 0.5) is 0 Å². The van der Waals surface area contributed by atoms with Gasteiger partial charge in [0.25, 0.3) is 11.3 Å². The Morgan fingerprint density at radius 1 is 1.20 bits per heavy atom. The number of benzene rings is 1. The highest BCUT2D eigenvalue weighted by molar-refractivity contribution is 5.79. The Kier molecular flexibility index (Phi) is 3.58. The van der Waals surface area contributed by atoms with E-state index >= 15 is 0 Å². The average Bonchev–Trinajstić information content (AvgIpc) is 2.99. The Morgan fingerprint density at radius 3 is 2.80 bits per heavy atom. The zero-order valence-corrected chi connectivity index (χ0v) is 14.2. The van der Waals surface area contributed by atoms with E-state index in [-0.39, 0.29) is 5.56 Å². The molecular formula is C18H17N5O2. The van der Waals surface area contributed by atoms with Crippen molar-refractivity contribution in [2.24, 2.45) is 0 Å². The van der Waals surface area contributed by atoms with Gasteiger partial charge in [-0.3, -0.25) is 9.36 Å². The lowest BCUT2D eigenvalue weighted by atomic mass is 10.1. The summed E-state index contributed by atoms with van der Waals surface area (Å²) in [5.74, 6) is 0.976. The molecule has 4 aromatic rings. The number of methoxy groups -OCH3 is 1. The van der Waals surface area contributed by atoms with Gasteiger partial charge in [0.15, 0.2) is 5.82 Å². The van der Waals surface area contributed by atoms with Crippen LogP contribution in [0.1, 0.15) is 17.0 Å². The summed E-state index contributed by atoms with van der Waals surface area (Å²) in [5.41, 5.74) is 3.59. The first kappa shape index (κ1) is 15.5. The molecule has 0 aliphatic rings. The number of aromatic nitrogens is 5. The van der Waals surface area contributed by atoms with E-state index in [2.05, 4.69) is 21.1 Å². The summed E-state index contributed by atoms with van der Waals surface area (Å²) < 4.78 is 8.28. The van der Waals surface area contributed by atoms with Crippen LogP contribution in [0.15, 0.2) is 41.5 Å². The number of nitrogens with zero attached hydrogens (tertiary/aromatic N) is 5. The minimum absolute atomic E-state index is 0.136. The van der Waals surface area contributed by atoms with Gasteiger partial charge < -0.3 is 4.74 Å². The molecule has 0 unspecified atom stereocenters. The monoisotopic (exact) mass is 335 g/mol. The first-order chi connectivity index (χ1) is 12.1. The summed E-state index contributed by atoms with van der Waals surface area (Å²) >= 11 is 0. The molecule has 0 radical (unpaired) electrons. The third kappa shape index (κ3) is 2.49. The van der Waals surface area contributed by atoms with Gasteiger partial charge in [0.05, 0.1) is 16.6 Å². The minimum atomic E-state index is -0.136. The minimum Gasteiger partial charge on any atom is -0.377 e. The van der Waals surface area contributed by atoms with Crippen molar-refractivity contribution in [3.05, 3.63) is 64.0 Å². The molecule has 7 heteroatoms. The smallest absolute Gasteiger partial charge is 0.266 e. The van der Waals surface area contributed by atoms with Crippen molar-refractivity contribution in [3.8, 4) is 5.69 Å². The maximum absolute atomic E-state index is 13.0. The largest absolute Gasteiger partial charge is 0.377 e. The molecule has 0 aliphatic heterocycles. The van der Waals surface area contributed by atoms with E-state index in [1.165, 1.54) is 0 Å². The maximum atomic E-state index is 13.0. The van der Waals surface area contributed by atoms with E-state index in [0.29, 0.717) is 29.1 Å². The number of hydrogen-bond acceptors (Lipinski definition) is 5. The number of pyridine rings is 1. The third-order valence-corrected chi connectivity index (χ3v) is 4.16. The molecule has 0 spiro atoms. The molecule has 0 saturated heterocycles. The SMILES string of the molecule is COCc1nc2ncc3c(=O)n(-c4ccc(C)cc4C)ccc3n2n1. The molecule has 0 bridgehead atoms. The molecule has 0 atom stereocenters. The highest BCUT2D eigenvalue weighted by Gasteiger charge is 2.12. The lowest BCUT2D eigenvalue weighted by Crippen LogP contribution is -2.19. The third-order valence-electron chi connectivity index (χ3n) is 4.16. The lowest BCUT2D eigenvalue weighted by Gasteiger charge is -2.11. The second-order valence-corrected chi connectivity index (χ2v) is 6.01. The van der Waals surface area contributed by atoms with Crippen molar-refractivity contribution in [3.63, 3.8) is 0 Å². The summed E-state index contributed by atoms with van der Waals surface area (Å²) in [7, 11) is 1.58. The Bertz CT molecular complexity index is 1160. The van der Waals surface area contributed by atoms with Crippen LogP contribution < -0.4 is 5.56 Å². The molecule has 126 valence electrons. The lowest BCUT2D eigenvalue weighted by molar-refractivity contribution is 0.178. The first-order valence-electron chi connectivity index (χ1n) is 7.91. The number of ether oxygens (including phenoxy) is 1. The average molecular weight is 335 g/mol. The van der Waals surface area contributed by atoms with Gasteiger partial charge in [0, 0.05) is 19.5 Å². The van der Waals surface area contributed by atoms with E-state index in [0.717, 1.165) is 16.8 Å². The summed E-state index contributed by atoms with van der Waals surface area (Å²) in [5, 5.41) is 4.86.